The van der Waals surface area contributed by atoms with E-state index in [0.29, 0.717) is 12.1 Å². The van der Waals surface area contributed by atoms with Crippen molar-refractivity contribution in [3.05, 3.63) is 12.7 Å². The van der Waals surface area contributed by atoms with E-state index in [2.05, 4.69) is 18.8 Å². The van der Waals surface area contributed by atoms with Crippen molar-refractivity contribution in [3.8, 4) is 0 Å². The number of ether oxygens (including phenoxy) is 1. The first-order valence-corrected chi connectivity index (χ1v) is 5.21. The molecule has 76 valence electrons. The fourth-order valence-electron chi connectivity index (χ4n) is 1.93. The van der Waals surface area contributed by atoms with E-state index >= 15 is 0 Å². The highest BCUT2D eigenvalue weighted by Gasteiger charge is 2.30. The Hall–Kier alpha value is -0.340. The van der Waals surface area contributed by atoms with Crippen LogP contribution in [-0.2, 0) is 4.74 Å². The molecule has 0 radical (unpaired) electrons. The van der Waals surface area contributed by atoms with E-state index < -0.39 is 0 Å². The van der Waals surface area contributed by atoms with Crippen molar-refractivity contribution in [1.82, 2.24) is 5.32 Å². The Morgan fingerprint density at radius 1 is 1.62 bits per heavy atom. The van der Waals surface area contributed by atoms with Gasteiger partial charge in [0.05, 0.1) is 6.10 Å². The van der Waals surface area contributed by atoms with E-state index in [9.17, 15) is 0 Å². The zero-order chi connectivity index (χ0) is 9.68. The molecular formula is C11H21NO. The second-order valence-electron chi connectivity index (χ2n) is 3.78. The first-order valence-electron chi connectivity index (χ1n) is 5.21. The number of nitrogens with one attached hydrogen (secondary N) is 1. The molecule has 1 atom stereocenters. The van der Waals surface area contributed by atoms with Crippen molar-refractivity contribution < 1.29 is 4.74 Å². The fourth-order valence-corrected chi connectivity index (χ4v) is 1.93. The Morgan fingerprint density at radius 2 is 2.31 bits per heavy atom. The normalized spacial score (nSPS) is 29.4. The van der Waals surface area contributed by atoms with E-state index in [1.54, 1.807) is 0 Å². The van der Waals surface area contributed by atoms with Gasteiger partial charge in [-0.05, 0) is 39.2 Å². The van der Waals surface area contributed by atoms with Crippen LogP contribution in [0.3, 0.4) is 0 Å². The summed E-state index contributed by atoms with van der Waals surface area (Å²) in [6, 6.07) is 0.479. The molecule has 1 fully saturated rings. The molecular weight excluding hydrogens is 162 g/mol. The van der Waals surface area contributed by atoms with Gasteiger partial charge in [-0.1, -0.05) is 6.08 Å². The lowest BCUT2D eigenvalue weighted by molar-refractivity contribution is -0.0277. The van der Waals surface area contributed by atoms with Gasteiger partial charge < -0.3 is 10.1 Å². The van der Waals surface area contributed by atoms with E-state index in [4.69, 9.17) is 4.74 Å². The van der Waals surface area contributed by atoms with Gasteiger partial charge in [-0.25, -0.2) is 0 Å². The quantitative estimate of drug-likeness (QED) is 0.636. The standard InChI is InChI=1S/C11H21NO/c1-4-10(12-3)6-9-7-11(8-9)13-5-2/h4,9-12H,1,5-8H2,2-3H3. The average molecular weight is 183 g/mol. The van der Waals surface area contributed by atoms with E-state index in [1.807, 2.05) is 13.1 Å². The smallest absolute Gasteiger partial charge is 0.0580 e. The van der Waals surface area contributed by atoms with Crippen LogP contribution in [0.5, 0.6) is 0 Å². The maximum Gasteiger partial charge on any atom is 0.0580 e. The third kappa shape index (κ3) is 3.12. The van der Waals surface area contributed by atoms with Crippen LogP contribution >= 0.6 is 0 Å². The lowest BCUT2D eigenvalue weighted by Crippen LogP contribution is -2.36. The van der Waals surface area contributed by atoms with E-state index in [0.717, 1.165) is 12.5 Å². The Kier molecular flexibility index (Phi) is 4.46. The van der Waals surface area contributed by atoms with Gasteiger partial charge in [-0.15, -0.1) is 6.58 Å². The highest BCUT2D eigenvalue weighted by atomic mass is 16.5. The van der Waals surface area contributed by atoms with Gasteiger partial charge in [0.25, 0.3) is 0 Å². The monoisotopic (exact) mass is 183 g/mol. The van der Waals surface area contributed by atoms with Gasteiger partial charge in [0.2, 0.25) is 0 Å². The molecule has 0 aliphatic heterocycles. The summed E-state index contributed by atoms with van der Waals surface area (Å²) in [5.41, 5.74) is 0. The van der Waals surface area contributed by atoms with Crippen LogP contribution in [0.15, 0.2) is 12.7 Å². The summed E-state index contributed by atoms with van der Waals surface area (Å²) in [6.45, 7) is 6.72. The Balaban J connectivity index is 2.09. The predicted molar refractivity (Wildman–Crippen MR) is 55.8 cm³/mol. The molecule has 0 spiro atoms. The van der Waals surface area contributed by atoms with Crippen molar-refractivity contribution in [2.45, 2.75) is 38.3 Å². The number of hydrogen-bond acceptors (Lipinski definition) is 2. The maximum absolute atomic E-state index is 5.51. The van der Waals surface area contributed by atoms with Crippen LogP contribution in [0.25, 0.3) is 0 Å². The van der Waals surface area contributed by atoms with Crippen LogP contribution < -0.4 is 5.32 Å². The molecule has 1 N–H and O–H groups in total. The summed E-state index contributed by atoms with van der Waals surface area (Å²) in [7, 11) is 1.99. The van der Waals surface area contributed by atoms with Gasteiger partial charge in [-0.3, -0.25) is 0 Å². The minimum atomic E-state index is 0.479. The minimum Gasteiger partial charge on any atom is -0.378 e. The molecule has 1 unspecified atom stereocenters. The second kappa shape index (κ2) is 5.40. The highest BCUT2D eigenvalue weighted by molar-refractivity contribution is 4.90. The Morgan fingerprint density at radius 3 is 2.77 bits per heavy atom. The lowest BCUT2D eigenvalue weighted by Gasteiger charge is -2.36. The summed E-state index contributed by atoms with van der Waals surface area (Å²) in [5.74, 6) is 0.840. The third-order valence-electron chi connectivity index (χ3n) is 2.84. The van der Waals surface area contributed by atoms with Crippen LogP contribution in [0.4, 0.5) is 0 Å². The average Bonchev–Trinajstić information content (AvgIpc) is 2.09. The van der Waals surface area contributed by atoms with Crippen LogP contribution in [0.1, 0.15) is 26.2 Å². The number of hydrogen-bond donors (Lipinski definition) is 1. The zero-order valence-corrected chi connectivity index (χ0v) is 8.75. The topological polar surface area (TPSA) is 21.3 Å². The van der Waals surface area contributed by atoms with Crippen LogP contribution in [0.2, 0.25) is 0 Å². The molecule has 0 amide bonds. The van der Waals surface area contributed by atoms with Gasteiger partial charge in [0.1, 0.15) is 0 Å². The first kappa shape index (κ1) is 10.7. The minimum absolute atomic E-state index is 0.479. The van der Waals surface area contributed by atoms with Crippen molar-refractivity contribution in [1.29, 1.82) is 0 Å². The molecule has 0 bridgehead atoms. The molecule has 2 heteroatoms. The largest absolute Gasteiger partial charge is 0.378 e. The molecule has 1 saturated carbocycles. The van der Waals surface area contributed by atoms with Gasteiger partial charge >= 0.3 is 0 Å². The van der Waals surface area contributed by atoms with Crippen LogP contribution in [0, 0.1) is 5.92 Å². The van der Waals surface area contributed by atoms with E-state index in [-0.39, 0.29) is 0 Å². The molecule has 1 aliphatic rings. The van der Waals surface area contributed by atoms with Gasteiger partial charge in [-0.2, -0.15) is 0 Å². The van der Waals surface area contributed by atoms with Crippen molar-refractivity contribution >= 4 is 0 Å². The fraction of sp³-hybridized carbons (Fsp3) is 0.818. The van der Waals surface area contributed by atoms with Crippen molar-refractivity contribution in [2.24, 2.45) is 5.92 Å². The molecule has 1 aliphatic carbocycles. The summed E-state index contributed by atoms with van der Waals surface area (Å²) in [5, 5.41) is 3.24. The number of rotatable bonds is 6. The molecule has 1 rings (SSSR count). The summed E-state index contributed by atoms with van der Waals surface area (Å²) in [4.78, 5) is 0. The van der Waals surface area contributed by atoms with Gasteiger partial charge in [0, 0.05) is 12.6 Å². The SMILES string of the molecule is C=CC(CC1CC(OCC)C1)NC. The summed E-state index contributed by atoms with van der Waals surface area (Å²) < 4.78 is 5.51. The molecule has 13 heavy (non-hydrogen) atoms. The molecule has 0 aromatic carbocycles. The molecule has 0 saturated heterocycles. The second-order valence-corrected chi connectivity index (χ2v) is 3.78. The van der Waals surface area contributed by atoms with Crippen molar-refractivity contribution in [2.75, 3.05) is 13.7 Å². The maximum atomic E-state index is 5.51. The Bertz CT molecular complexity index is 152. The van der Waals surface area contributed by atoms with Crippen LogP contribution in [-0.4, -0.2) is 25.8 Å². The molecule has 0 aromatic heterocycles. The lowest BCUT2D eigenvalue weighted by atomic mass is 9.78. The Labute approximate surface area is 81.4 Å². The molecule has 2 nitrogen and oxygen atoms in total. The predicted octanol–water partition coefficient (Wildman–Crippen LogP) is 1.97. The molecule has 0 aromatic rings. The number of likely N-dealkylation sites (N-methyl/N-ethyl adjacent to an activating group) is 1. The molecule has 0 heterocycles. The summed E-state index contributed by atoms with van der Waals surface area (Å²) in [6.07, 6.45) is 6.22. The third-order valence-corrected chi connectivity index (χ3v) is 2.84. The zero-order valence-electron chi connectivity index (χ0n) is 8.75. The van der Waals surface area contributed by atoms with Crippen molar-refractivity contribution in [3.63, 3.8) is 0 Å². The highest BCUT2D eigenvalue weighted by Crippen LogP contribution is 2.33. The van der Waals surface area contributed by atoms with E-state index in [1.165, 1.54) is 19.3 Å². The first-order chi connectivity index (χ1) is 6.30. The summed E-state index contributed by atoms with van der Waals surface area (Å²) >= 11 is 0. The van der Waals surface area contributed by atoms with Gasteiger partial charge in [0.15, 0.2) is 0 Å².